The molecule has 1 aliphatic carbocycles. The Bertz CT molecular complexity index is 526. The van der Waals surface area contributed by atoms with Gasteiger partial charge in [0.1, 0.15) is 0 Å². The van der Waals surface area contributed by atoms with E-state index in [0.717, 1.165) is 12.8 Å². The highest BCUT2D eigenvalue weighted by molar-refractivity contribution is 7.10. The second-order valence-corrected chi connectivity index (χ2v) is 6.63. The standard InChI is InChI=1S/C15H23N3O3S/c1-3-18(9-14(19)20)12-6-11(7-12)17-15(21)16-8-13-10(2)4-5-22-13/h4-5,11-12H,3,6-9H2,1-2H3,(H,19,20)(H2,16,17,21). The number of nitrogens with zero attached hydrogens (tertiary/aromatic N) is 1. The zero-order chi connectivity index (χ0) is 16.1. The van der Waals surface area contributed by atoms with Crippen molar-refractivity contribution in [1.29, 1.82) is 0 Å². The highest BCUT2D eigenvalue weighted by Crippen LogP contribution is 2.25. The average molecular weight is 325 g/mol. The molecule has 2 amide bonds. The van der Waals surface area contributed by atoms with Crippen LogP contribution < -0.4 is 10.6 Å². The summed E-state index contributed by atoms with van der Waals surface area (Å²) in [6.07, 6.45) is 1.62. The van der Waals surface area contributed by atoms with E-state index in [9.17, 15) is 9.59 Å². The number of rotatable bonds is 7. The first kappa shape index (κ1) is 16.8. The van der Waals surface area contributed by atoms with E-state index in [-0.39, 0.29) is 24.7 Å². The Hall–Kier alpha value is -1.60. The number of aryl methyl sites for hydroxylation is 1. The molecule has 122 valence electrons. The molecule has 0 atom stereocenters. The molecule has 1 aromatic rings. The molecule has 1 fully saturated rings. The molecule has 2 rings (SSSR count). The van der Waals surface area contributed by atoms with Gasteiger partial charge in [-0.3, -0.25) is 9.69 Å². The van der Waals surface area contributed by atoms with Crippen molar-refractivity contribution in [1.82, 2.24) is 15.5 Å². The summed E-state index contributed by atoms with van der Waals surface area (Å²) in [7, 11) is 0. The molecule has 0 aliphatic heterocycles. The first-order chi connectivity index (χ1) is 10.5. The van der Waals surface area contributed by atoms with E-state index in [0.29, 0.717) is 13.1 Å². The van der Waals surface area contributed by atoms with Crippen molar-refractivity contribution < 1.29 is 14.7 Å². The Kier molecular flexibility index (Phi) is 5.79. The topological polar surface area (TPSA) is 81.7 Å². The van der Waals surface area contributed by atoms with Gasteiger partial charge in [-0.15, -0.1) is 11.3 Å². The first-order valence-corrected chi connectivity index (χ1v) is 8.40. The predicted molar refractivity (Wildman–Crippen MR) is 86.1 cm³/mol. The molecular weight excluding hydrogens is 302 g/mol. The molecule has 0 spiro atoms. The first-order valence-electron chi connectivity index (χ1n) is 7.52. The Labute approximate surface area is 134 Å². The van der Waals surface area contributed by atoms with Crippen LogP contribution in [0.4, 0.5) is 4.79 Å². The fourth-order valence-electron chi connectivity index (χ4n) is 2.66. The zero-order valence-corrected chi connectivity index (χ0v) is 13.8. The van der Waals surface area contributed by atoms with Crippen LogP contribution in [0.25, 0.3) is 0 Å². The highest BCUT2D eigenvalue weighted by Gasteiger charge is 2.34. The van der Waals surface area contributed by atoms with Gasteiger partial charge in [-0.1, -0.05) is 6.92 Å². The molecular formula is C15H23N3O3S. The fourth-order valence-corrected chi connectivity index (χ4v) is 3.50. The van der Waals surface area contributed by atoms with Crippen molar-refractivity contribution in [3.63, 3.8) is 0 Å². The number of thiophene rings is 1. The SMILES string of the molecule is CCN(CC(=O)O)C1CC(NC(=O)NCc2sccc2C)C1. The molecule has 3 N–H and O–H groups in total. The predicted octanol–water partition coefficient (Wildman–Crippen LogP) is 1.79. The number of aliphatic carboxylic acids is 1. The summed E-state index contributed by atoms with van der Waals surface area (Å²) in [5.74, 6) is -0.803. The molecule has 0 aromatic carbocycles. The van der Waals surface area contributed by atoms with Crippen LogP contribution in [0, 0.1) is 6.92 Å². The number of carbonyl (C=O) groups excluding carboxylic acids is 1. The van der Waals surface area contributed by atoms with Crippen LogP contribution in [0.1, 0.15) is 30.2 Å². The lowest BCUT2D eigenvalue weighted by Gasteiger charge is -2.42. The highest BCUT2D eigenvalue weighted by atomic mass is 32.1. The summed E-state index contributed by atoms with van der Waals surface area (Å²) in [5, 5.41) is 16.7. The van der Waals surface area contributed by atoms with Gasteiger partial charge in [0.05, 0.1) is 13.1 Å². The number of carbonyl (C=O) groups is 2. The molecule has 0 bridgehead atoms. The zero-order valence-electron chi connectivity index (χ0n) is 13.0. The molecule has 1 aliphatic rings. The van der Waals surface area contributed by atoms with Crippen LogP contribution >= 0.6 is 11.3 Å². The van der Waals surface area contributed by atoms with E-state index in [1.165, 1.54) is 10.4 Å². The summed E-state index contributed by atoms with van der Waals surface area (Å²) in [6, 6.07) is 2.28. The van der Waals surface area contributed by atoms with Crippen molar-refractivity contribution in [2.75, 3.05) is 13.1 Å². The van der Waals surface area contributed by atoms with Crippen molar-refractivity contribution >= 4 is 23.3 Å². The Morgan fingerprint density at radius 3 is 2.73 bits per heavy atom. The third-order valence-corrected chi connectivity index (χ3v) is 5.11. The maximum atomic E-state index is 11.9. The minimum atomic E-state index is -0.803. The lowest BCUT2D eigenvalue weighted by molar-refractivity contribution is -0.139. The molecule has 0 unspecified atom stereocenters. The Balaban J connectivity index is 1.67. The maximum absolute atomic E-state index is 11.9. The number of amides is 2. The minimum absolute atomic E-state index is 0.0672. The van der Waals surface area contributed by atoms with Gasteiger partial charge in [0, 0.05) is 17.0 Å². The van der Waals surface area contributed by atoms with Crippen LogP contribution in [0.2, 0.25) is 0 Å². The second kappa shape index (κ2) is 7.60. The van der Waals surface area contributed by atoms with Gasteiger partial charge in [-0.05, 0) is 43.3 Å². The molecule has 1 aromatic heterocycles. The van der Waals surface area contributed by atoms with Gasteiger partial charge < -0.3 is 15.7 Å². The van der Waals surface area contributed by atoms with Crippen LogP contribution in [-0.4, -0.2) is 47.2 Å². The monoisotopic (exact) mass is 325 g/mol. The summed E-state index contributed by atoms with van der Waals surface area (Å²) in [4.78, 5) is 25.7. The molecule has 0 radical (unpaired) electrons. The number of likely N-dealkylation sites (N-methyl/N-ethyl adjacent to an activating group) is 1. The maximum Gasteiger partial charge on any atom is 0.317 e. The normalized spacial score (nSPS) is 20.5. The van der Waals surface area contributed by atoms with Gasteiger partial charge in [0.15, 0.2) is 0 Å². The van der Waals surface area contributed by atoms with E-state index in [1.807, 2.05) is 30.2 Å². The van der Waals surface area contributed by atoms with Crippen molar-refractivity contribution in [2.24, 2.45) is 0 Å². The van der Waals surface area contributed by atoms with Gasteiger partial charge in [-0.2, -0.15) is 0 Å². The van der Waals surface area contributed by atoms with Gasteiger partial charge in [0.25, 0.3) is 0 Å². The largest absolute Gasteiger partial charge is 0.480 e. The number of hydrogen-bond donors (Lipinski definition) is 3. The average Bonchev–Trinajstić information content (AvgIpc) is 2.83. The van der Waals surface area contributed by atoms with E-state index >= 15 is 0 Å². The fraction of sp³-hybridized carbons (Fsp3) is 0.600. The van der Waals surface area contributed by atoms with Gasteiger partial charge in [0.2, 0.25) is 0 Å². The minimum Gasteiger partial charge on any atom is -0.480 e. The Morgan fingerprint density at radius 1 is 1.45 bits per heavy atom. The van der Waals surface area contributed by atoms with E-state index in [1.54, 1.807) is 11.3 Å². The van der Waals surface area contributed by atoms with Crippen molar-refractivity contribution in [3.05, 3.63) is 21.9 Å². The lowest BCUT2D eigenvalue weighted by atomic mass is 9.85. The van der Waals surface area contributed by atoms with Gasteiger partial charge >= 0.3 is 12.0 Å². The third-order valence-electron chi connectivity index (χ3n) is 4.09. The number of nitrogens with one attached hydrogen (secondary N) is 2. The second-order valence-electron chi connectivity index (χ2n) is 5.63. The Morgan fingerprint density at radius 2 is 2.18 bits per heavy atom. The smallest absolute Gasteiger partial charge is 0.317 e. The molecule has 7 heteroatoms. The summed E-state index contributed by atoms with van der Waals surface area (Å²) in [5.41, 5.74) is 1.20. The van der Waals surface area contributed by atoms with Crippen LogP contribution in [-0.2, 0) is 11.3 Å². The third kappa shape index (κ3) is 4.45. The van der Waals surface area contributed by atoms with Crippen LogP contribution in [0.15, 0.2) is 11.4 Å². The number of urea groups is 1. The van der Waals surface area contributed by atoms with Crippen molar-refractivity contribution in [3.8, 4) is 0 Å². The molecule has 6 nitrogen and oxygen atoms in total. The number of carboxylic acid groups (broad SMARTS) is 1. The lowest BCUT2D eigenvalue weighted by Crippen LogP contribution is -2.56. The van der Waals surface area contributed by atoms with Crippen molar-refractivity contribution in [2.45, 2.75) is 45.3 Å². The number of hydrogen-bond acceptors (Lipinski definition) is 4. The number of carboxylic acids is 1. The quantitative estimate of drug-likeness (QED) is 0.714. The summed E-state index contributed by atoms with van der Waals surface area (Å²) in [6.45, 7) is 5.32. The molecule has 1 saturated carbocycles. The molecule has 1 heterocycles. The van der Waals surface area contributed by atoms with Crippen LogP contribution in [0.5, 0.6) is 0 Å². The summed E-state index contributed by atoms with van der Waals surface area (Å²) >= 11 is 1.64. The van der Waals surface area contributed by atoms with E-state index in [4.69, 9.17) is 5.11 Å². The van der Waals surface area contributed by atoms with E-state index in [2.05, 4.69) is 10.6 Å². The molecule has 22 heavy (non-hydrogen) atoms. The van der Waals surface area contributed by atoms with Crippen LogP contribution in [0.3, 0.4) is 0 Å². The summed E-state index contributed by atoms with van der Waals surface area (Å²) < 4.78 is 0. The van der Waals surface area contributed by atoms with Gasteiger partial charge in [-0.25, -0.2) is 4.79 Å². The van der Waals surface area contributed by atoms with E-state index < -0.39 is 5.97 Å². The molecule has 0 saturated heterocycles.